The molecule has 17 heavy (non-hydrogen) atoms. The van der Waals surface area contributed by atoms with E-state index in [0.717, 1.165) is 0 Å². The van der Waals surface area contributed by atoms with Crippen LogP contribution in [0.4, 0.5) is 0 Å². The van der Waals surface area contributed by atoms with Gasteiger partial charge in [-0.2, -0.15) is 5.26 Å². The van der Waals surface area contributed by atoms with Crippen molar-refractivity contribution in [3.05, 3.63) is 53.6 Å². The van der Waals surface area contributed by atoms with Crippen LogP contribution in [-0.2, 0) is 4.74 Å². The Kier molecular flexibility index (Phi) is 3.31. The van der Waals surface area contributed by atoms with Gasteiger partial charge in [-0.05, 0) is 18.2 Å². The lowest BCUT2D eigenvalue weighted by Gasteiger charge is -2.13. The highest BCUT2D eigenvalue weighted by atomic mass is 16.5. The maximum Gasteiger partial charge on any atom is 0.343 e. The molecule has 0 aliphatic carbocycles. The molecular weight excluding hydrogens is 216 g/mol. The quantitative estimate of drug-likeness (QED) is 0.722. The number of nitrogens with zero attached hydrogens (tertiary/aromatic N) is 2. The Morgan fingerprint density at radius 1 is 1.35 bits per heavy atom. The second kappa shape index (κ2) is 5.08. The Balaban J connectivity index is 2.12. The highest BCUT2D eigenvalue weighted by molar-refractivity contribution is 5.91. The molecule has 1 aromatic carbocycles. The van der Waals surface area contributed by atoms with Gasteiger partial charge in [-0.25, -0.2) is 4.79 Å². The fraction of sp³-hybridized carbons (Fsp3) is 0.0769. The summed E-state index contributed by atoms with van der Waals surface area (Å²) in [6.07, 6.45) is 3.04. The predicted molar refractivity (Wildman–Crippen MR) is 62.2 cm³/mol. The zero-order chi connectivity index (χ0) is 12.1. The molecule has 0 spiro atoms. The molecule has 4 heteroatoms. The zero-order valence-corrected chi connectivity index (χ0v) is 8.96. The number of carbonyl (C=O) groups is 1. The van der Waals surface area contributed by atoms with E-state index in [4.69, 9.17) is 10.00 Å². The fourth-order valence-electron chi connectivity index (χ4n) is 1.36. The summed E-state index contributed by atoms with van der Waals surface area (Å²) in [4.78, 5) is 15.7. The number of allylic oxidation sites excluding steroid dienone is 1. The molecule has 2 rings (SSSR count). The molecule has 0 saturated carbocycles. The lowest BCUT2D eigenvalue weighted by Crippen LogP contribution is -2.14. The predicted octanol–water partition coefficient (Wildman–Crippen LogP) is 1.91. The molecule has 4 nitrogen and oxygen atoms in total. The van der Waals surface area contributed by atoms with E-state index >= 15 is 0 Å². The topological polar surface area (TPSA) is 62.4 Å². The van der Waals surface area contributed by atoms with E-state index in [-0.39, 0.29) is 12.3 Å². The summed E-state index contributed by atoms with van der Waals surface area (Å²) in [6.45, 7) is 0.254. The van der Waals surface area contributed by atoms with Crippen LogP contribution in [0.5, 0.6) is 0 Å². The van der Waals surface area contributed by atoms with Crippen molar-refractivity contribution < 1.29 is 9.53 Å². The van der Waals surface area contributed by atoms with Crippen LogP contribution in [0, 0.1) is 17.2 Å². The Labute approximate surface area is 98.9 Å². The number of hydrogen-bond acceptors (Lipinski definition) is 4. The third-order valence-corrected chi connectivity index (χ3v) is 2.23. The standard InChI is InChI=1S/C13H9N2O2/c14-8-11-9-15-7-6-12(11)17-13(16)10-4-2-1-3-5-10/h1-7H,9H2. The number of rotatable bonds is 2. The van der Waals surface area contributed by atoms with Gasteiger partial charge in [0.15, 0.2) is 5.92 Å². The summed E-state index contributed by atoms with van der Waals surface area (Å²) in [5.74, 6) is 0.160. The zero-order valence-electron chi connectivity index (χ0n) is 8.96. The molecular formula is C13H9N2O2. The van der Waals surface area contributed by atoms with Gasteiger partial charge < -0.3 is 4.74 Å². The SMILES string of the molecule is N#C[C]1CN=CC=C1OC(=O)c1ccccc1. The summed E-state index contributed by atoms with van der Waals surface area (Å²) in [5.41, 5.74) is 0.452. The van der Waals surface area contributed by atoms with Crippen LogP contribution >= 0.6 is 0 Å². The van der Waals surface area contributed by atoms with E-state index in [1.54, 1.807) is 24.3 Å². The number of carbonyl (C=O) groups excluding carboxylic acids is 1. The van der Waals surface area contributed by atoms with Crippen LogP contribution in [0.2, 0.25) is 0 Å². The summed E-state index contributed by atoms with van der Waals surface area (Å²) < 4.78 is 5.15. The minimum Gasteiger partial charge on any atom is -0.426 e. The minimum atomic E-state index is -0.472. The fourth-order valence-corrected chi connectivity index (χ4v) is 1.36. The van der Waals surface area contributed by atoms with E-state index in [1.807, 2.05) is 12.1 Å². The molecule has 0 unspecified atom stereocenters. The van der Waals surface area contributed by atoms with Crippen molar-refractivity contribution in [3.63, 3.8) is 0 Å². The molecule has 1 aromatic rings. The highest BCUT2D eigenvalue weighted by Crippen LogP contribution is 2.18. The normalized spacial score (nSPS) is 14.9. The van der Waals surface area contributed by atoms with Gasteiger partial charge in [-0.3, -0.25) is 4.99 Å². The average molecular weight is 225 g/mol. The molecule has 0 fully saturated rings. The highest BCUT2D eigenvalue weighted by Gasteiger charge is 2.21. The first-order valence-electron chi connectivity index (χ1n) is 5.05. The second-order valence-electron chi connectivity index (χ2n) is 3.37. The first-order valence-corrected chi connectivity index (χ1v) is 5.05. The number of dihydropyridines is 1. The van der Waals surface area contributed by atoms with Crippen molar-refractivity contribution in [2.75, 3.05) is 6.54 Å². The van der Waals surface area contributed by atoms with Crippen LogP contribution in [0.3, 0.4) is 0 Å². The van der Waals surface area contributed by atoms with E-state index in [2.05, 4.69) is 4.99 Å². The third-order valence-electron chi connectivity index (χ3n) is 2.23. The van der Waals surface area contributed by atoms with Gasteiger partial charge in [-0.1, -0.05) is 18.2 Å². The number of hydrogen-bond donors (Lipinski definition) is 0. The van der Waals surface area contributed by atoms with E-state index < -0.39 is 5.97 Å². The maximum atomic E-state index is 11.7. The average Bonchev–Trinajstić information content (AvgIpc) is 2.40. The summed E-state index contributed by atoms with van der Waals surface area (Å²) in [6, 6.07) is 10.6. The minimum absolute atomic E-state index is 0.254. The largest absolute Gasteiger partial charge is 0.426 e. The van der Waals surface area contributed by atoms with Crippen molar-refractivity contribution in [2.24, 2.45) is 4.99 Å². The van der Waals surface area contributed by atoms with Crippen molar-refractivity contribution >= 4 is 12.2 Å². The first-order chi connectivity index (χ1) is 8.31. The number of aliphatic imine (C=N–C) groups is 1. The molecule has 0 bridgehead atoms. The number of ether oxygens (including phenoxy) is 1. The van der Waals surface area contributed by atoms with Crippen molar-refractivity contribution in [3.8, 4) is 6.07 Å². The lowest BCUT2D eigenvalue weighted by atomic mass is 10.1. The van der Waals surface area contributed by atoms with Crippen molar-refractivity contribution in [2.45, 2.75) is 0 Å². The Bertz CT molecular complexity index is 512. The number of nitriles is 1. The van der Waals surface area contributed by atoms with Gasteiger partial charge in [0.1, 0.15) is 5.76 Å². The number of esters is 1. The summed E-state index contributed by atoms with van der Waals surface area (Å²) in [5, 5.41) is 8.85. The summed E-state index contributed by atoms with van der Waals surface area (Å²) >= 11 is 0. The molecule has 0 aromatic heterocycles. The van der Waals surface area contributed by atoms with Gasteiger partial charge in [0.25, 0.3) is 0 Å². The van der Waals surface area contributed by atoms with Crippen LogP contribution < -0.4 is 0 Å². The molecule has 0 saturated heterocycles. The Morgan fingerprint density at radius 2 is 2.12 bits per heavy atom. The van der Waals surface area contributed by atoms with Crippen LogP contribution in [0.1, 0.15) is 10.4 Å². The Morgan fingerprint density at radius 3 is 2.82 bits per heavy atom. The molecule has 1 aliphatic rings. The molecule has 1 aliphatic heterocycles. The second-order valence-corrected chi connectivity index (χ2v) is 3.37. The van der Waals surface area contributed by atoms with Gasteiger partial charge in [0, 0.05) is 6.21 Å². The maximum absolute atomic E-state index is 11.7. The van der Waals surface area contributed by atoms with E-state index in [1.165, 1.54) is 12.3 Å². The Hall–Kier alpha value is -2.41. The van der Waals surface area contributed by atoms with Gasteiger partial charge in [0.05, 0.1) is 18.2 Å². The number of benzene rings is 1. The molecule has 0 N–H and O–H groups in total. The molecule has 1 heterocycles. The molecule has 0 amide bonds. The van der Waals surface area contributed by atoms with Crippen molar-refractivity contribution in [1.82, 2.24) is 0 Å². The van der Waals surface area contributed by atoms with Gasteiger partial charge in [-0.15, -0.1) is 0 Å². The van der Waals surface area contributed by atoms with Gasteiger partial charge in [0.2, 0.25) is 0 Å². The van der Waals surface area contributed by atoms with Gasteiger partial charge >= 0.3 is 5.97 Å². The first kappa shape index (κ1) is 11.1. The van der Waals surface area contributed by atoms with Crippen LogP contribution in [-0.4, -0.2) is 18.7 Å². The smallest absolute Gasteiger partial charge is 0.343 e. The molecule has 1 radical (unpaired) electrons. The van der Waals surface area contributed by atoms with Crippen LogP contribution in [0.25, 0.3) is 0 Å². The van der Waals surface area contributed by atoms with Crippen molar-refractivity contribution in [1.29, 1.82) is 5.26 Å². The van der Waals surface area contributed by atoms with Crippen LogP contribution in [0.15, 0.2) is 47.2 Å². The van der Waals surface area contributed by atoms with E-state index in [0.29, 0.717) is 11.5 Å². The lowest BCUT2D eigenvalue weighted by molar-refractivity contribution is 0.0626. The van der Waals surface area contributed by atoms with E-state index in [9.17, 15) is 4.79 Å². The summed E-state index contributed by atoms with van der Waals surface area (Å²) in [7, 11) is 0. The molecule has 0 atom stereocenters. The molecule has 83 valence electrons. The third kappa shape index (κ3) is 2.58. The monoisotopic (exact) mass is 225 g/mol.